The number of hydrogen-bond acceptors (Lipinski definition) is 4. The molecule has 2 amide bonds. The molecule has 1 atom stereocenters. The topological polar surface area (TPSA) is 97.1 Å². The molecule has 3 aromatic rings. The number of piperidine rings is 1. The van der Waals surface area contributed by atoms with Crippen molar-refractivity contribution in [2.45, 2.75) is 25.3 Å². The fourth-order valence-corrected chi connectivity index (χ4v) is 3.63. The Hall–Kier alpha value is -3.09. The van der Waals surface area contributed by atoms with Crippen molar-refractivity contribution < 1.29 is 9.53 Å². The first-order chi connectivity index (χ1) is 12.7. The lowest BCUT2D eigenvalue weighted by molar-refractivity contribution is 0.160. The van der Waals surface area contributed by atoms with E-state index in [1.807, 2.05) is 24.3 Å². The van der Waals surface area contributed by atoms with Gasteiger partial charge in [0.2, 0.25) is 0 Å². The van der Waals surface area contributed by atoms with Crippen molar-refractivity contribution in [2.24, 2.45) is 5.73 Å². The zero-order valence-electron chi connectivity index (χ0n) is 14.6. The third-order valence-electron chi connectivity index (χ3n) is 4.90. The second-order valence-electron chi connectivity index (χ2n) is 6.45. The number of carbonyl (C=O) groups excluding carboxylic acids is 1. The number of hydrogen-bond donors (Lipinski definition) is 2. The number of nitrogens with zero attached hydrogens (tertiary/aromatic N) is 3. The predicted octanol–water partition coefficient (Wildman–Crippen LogP) is 3.24. The van der Waals surface area contributed by atoms with Crippen molar-refractivity contribution in [2.75, 3.05) is 13.7 Å². The molecule has 1 saturated heterocycles. The van der Waals surface area contributed by atoms with E-state index in [0.717, 1.165) is 41.6 Å². The number of benzene rings is 1. The number of primary amides is 1. The number of urea groups is 1. The second kappa shape index (κ2) is 6.67. The molecule has 7 nitrogen and oxygen atoms in total. The van der Waals surface area contributed by atoms with Crippen molar-refractivity contribution in [3.05, 3.63) is 42.1 Å². The lowest BCUT2D eigenvalue weighted by atomic mass is 9.94. The zero-order valence-corrected chi connectivity index (χ0v) is 14.6. The van der Waals surface area contributed by atoms with Crippen LogP contribution in [0.3, 0.4) is 0 Å². The minimum absolute atomic E-state index is 0.0423. The largest absolute Gasteiger partial charge is 0.497 e. The van der Waals surface area contributed by atoms with Crippen LogP contribution in [0.15, 0.2) is 36.5 Å². The number of methoxy groups -OCH3 is 1. The Kier molecular flexibility index (Phi) is 4.20. The van der Waals surface area contributed by atoms with Crippen LogP contribution >= 0.6 is 0 Å². The van der Waals surface area contributed by atoms with Gasteiger partial charge in [-0.05, 0) is 31.4 Å². The number of amides is 2. The van der Waals surface area contributed by atoms with Gasteiger partial charge in [0, 0.05) is 24.4 Å². The number of likely N-dealkylation sites (tertiary alicyclic amines) is 1. The maximum absolute atomic E-state index is 11.9. The van der Waals surface area contributed by atoms with Gasteiger partial charge < -0.3 is 20.4 Å². The highest BCUT2D eigenvalue weighted by Gasteiger charge is 2.28. The quantitative estimate of drug-likeness (QED) is 0.757. The Labute approximate surface area is 151 Å². The third-order valence-corrected chi connectivity index (χ3v) is 4.90. The molecule has 0 radical (unpaired) electrons. The first-order valence-corrected chi connectivity index (χ1v) is 8.72. The van der Waals surface area contributed by atoms with E-state index < -0.39 is 0 Å². The smallest absolute Gasteiger partial charge is 0.315 e. The molecule has 1 aromatic carbocycles. The number of para-hydroxylation sites is 1. The molecule has 0 spiro atoms. The Balaban J connectivity index is 1.79. The molecular weight excluding hydrogens is 330 g/mol. The number of aromatic amines is 1. The van der Waals surface area contributed by atoms with Crippen molar-refractivity contribution >= 4 is 17.1 Å². The normalized spacial score (nSPS) is 17.4. The number of aromatic nitrogens is 3. The first kappa shape index (κ1) is 16.4. The average Bonchev–Trinajstić information content (AvgIpc) is 3.12. The molecule has 2 aromatic heterocycles. The highest BCUT2D eigenvalue weighted by Crippen LogP contribution is 2.35. The molecule has 3 heterocycles. The van der Waals surface area contributed by atoms with Gasteiger partial charge >= 0.3 is 6.03 Å². The number of H-pyrrole nitrogens is 1. The van der Waals surface area contributed by atoms with Crippen LogP contribution < -0.4 is 10.5 Å². The molecule has 1 fully saturated rings. The minimum Gasteiger partial charge on any atom is -0.497 e. The summed E-state index contributed by atoms with van der Waals surface area (Å²) >= 11 is 0. The molecule has 134 valence electrons. The summed E-state index contributed by atoms with van der Waals surface area (Å²) < 4.78 is 5.27. The van der Waals surface area contributed by atoms with E-state index in [2.05, 4.69) is 9.97 Å². The Bertz CT molecular complexity index is 952. The third kappa shape index (κ3) is 2.85. The van der Waals surface area contributed by atoms with E-state index in [0.29, 0.717) is 18.1 Å². The van der Waals surface area contributed by atoms with Gasteiger partial charge in [-0.3, -0.25) is 4.98 Å². The maximum Gasteiger partial charge on any atom is 0.315 e. The molecular formula is C19H21N5O2. The molecule has 4 rings (SSSR count). The first-order valence-electron chi connectivity index (χ1n) is 8.72. The van der Waals surface area contributed by atoms with E-state index >= 15 is 0 Å². The van der Waals surface area contributed by atoms with Gasteiger partial charge in [0.15, 0.2) is 5.82 Å². The predicted molar refractivity (Wildman–Crippen MR) is 98.8 cm³/mol. The van der Waals surface area contributed by atoms with E-state index in [-0.39, 0.29) is 12.1 Å². The maximum atomic E-state index is 11.9. The Morgan fingerprint density at radius 1 is 1.35 bits per heavy atom. The fourth-order valence-electron chi connectivity index (χ4n) is 3.63. The van der Waals surface area contributed by atoms with Crippen LogP contribution in [-0.2, 0) is 0 Å². The van der Waals surface area contributed by atoms with Crippen molar-refractivity contribution in [1.29, 1.82) is 0 Å². The molecule has 7 heteroatoms. The molecule has 26 heavy (non-hydrogen) atoms. The highest BCUT2D eigenvalue weighted by molar-refractivity contribution is 5.83. The molecule has 1 aliphatic rings. The number of rotatable bonds is 3. The molecule has 3 N–H and O–H groups in total. The summed E-state index contributed by atoms with van der Waals surface area (Å²) in [5.74, 6) is 1.40. The molecule has 1 unspecified atom stereocenters. The van der Waals surface area contributed by atoms with Crippen LogP contribution in [0, 0.1) is 0 Å². The van der Waals surface area contributed by atoms with Crippen LogP contribution in [0.4, 0.5) is 4.79 Å². The SMILES string of the molecule is COc1ccnc(-c2nc3c(C4CCCCN4C(N)=O)cccc3[nH]2)c1. The van der Waals surface area contributed by atoms with Crippen LogP contribution in [0.25, 0.3) is 22.6 Å². The lowest BCUT2D eigenvalue weighted by Gasteiger charge is -2.34. The van der Waals surface area contributed by atoms with Gasteiger partial charge in [0.1, 0.15) is 11.4 Å². The van der Waals surface area contributed by atoms with Gasteiger partial charge in [-0.25, -0.2) is 9.78 Å². The van der Waals surface area contributed by atoms with E-state index in [1.165, 1.54) is 0 Å². The molecule has 0 aliphatic carbocycles. The Morgan fingerprint density at radius 2 is 2.23 bits per heavy atom. The van der Waals surface area contributed by atoms with Crippen LogP contribution in [0.2, 0.25) is 0 Å². The number of imidazole rings is 1. The van der Waals surface area contributed by atoms with Crippen molar-refractivity contribution in [3.8, 4) is 17.3 Å². The van der Waals surface area contributed by atoms with Crippen LogP contribution in [-0.4, -0.2) is 39.5 Å². The number of nitrogens with one attached hydrogen (secondary N) is 1. The highest BCUT2D eigenvalue weighted by atomic mass is 16.5. The summed E-state index contributed by atoms with van der Waals surface area (Å²) in [5.41, 5.74) is 9.10. The number of ether oxygens (including phenoxy) is 1. The standard InChI is InChI=1S/C19H21N5O2/c1-26-12-8-9-21-15(11-12)18-22-14-6-4-5-13(17(14)23-18)16-7-2-3-10-24(16)19(20)25/h4-6,8-9,11,16H,2-3,7,10H2,1H3,(H2,20,25)(H,22,23). The Morgan fingerprint density at radius 3 is 3.04 bits per heavy atom. The van der Waals surface area contributed by atoms with E-state index in [1.54, 1.807) is 24.3 Å². The number of carbonyl (C=O) groups is 1. The molecule has 0 saturated carbocycles. The summed E-state index contributed by atoms with van der Waals surface area (Å²) in [4.78, 5) is 26.1. The van der Waals surface area contributed by atoms with Crippen LogP contribution in [0.5, 0.6) is 5.75 Å². The number of nitrogens with two attached hydrogens (primary N) is 1. The zero-order chi connectivity index (χ0) is 18.1. The van der Waals surface area contributed by atoms with Crippen LogP contribution in [0.1, 0.15) is 30.9 Å². The van der Waals surface area contributed by atoms with Gasteiger partial charge in [0.05, 0.1) is 24.2 Å². The fraction of sp³-hybridized carbons (Fsp3) is 0.316. The summed E-state index contributed by atoms with van der Waals surface area (Å²) in [6.07, 6.45) is 4.63. The minimum atomic E-state index is -0.378. The van der Waals surface area contributed by atoms with Gasteiger partial charge in [-0.1, -0.05) is 12.1 Å². The van der Waals surface area contributed by atoms with Gasteiger partial charge in [-0.2, -0.15) is 0 Å². The van der Waals surface area contributed by atoms with E-state index in [9.17, 15) is 4.79 Å². The summed E-state index contributed by atoms with van der Waals surface area (Å²) in [7, 11) is 1.62. The van der Waals surface area contributed by atoms with Crippen molar-refractivity contribution in [1.82, 2.24) is 19.9 Å². The van der Waals surface area contributed by atoms with Gasteiger partial charge in [0.25, 0.3) is 0 Å². The summed E-state index contributed by atoms with van der Waals surface area (Å²) in [6.45, 7) is 0.686. The van der Waals surface area contributed by atoms with Crippen molar-refractivity contribution in [3.63, 3.8) is 0 Å². The van der Waals surface area contributed by atoms with E-state index in [4.69, 9.17) is 15.5 Å². The number of fused-ring (bicyclic) bond motifs is 1. The monoisotopic (exact) mass is 351 g/mol. The second-order valence-corrected chi connectivity index (χ2v) is 6.45. The summed E-state index contributed by atoms with van der Waals surface area (Å²) in [6, 6.07) is 9.20. The molecule has 0 bridgehead atoms. The summed E-state index contributed by atoms with van der Waals surface area (Å²) in [5, 5.41) is 0. The van der Waals surface area contributed by atoms with Gasteiger partial charge in [-0.15, -0.1) is 0 Å². The lowest BCUT2D eigenvalue weighted by Crippen LogP contribution is -2.41. The average molecular weight is 351 g/mol. The molecule has 1 aliphatic heterocycles. The number of pyridine rings is 1.